The number of carbonyl (C=O) groups is 2. The molecule has 2 aromatic carbocycles. The van der Waals surface area contributed by atoms with Gasteiger partial charge in [-0.2, -0.15) is 0 Å². The molecule has 1 aliphatic carbocycles. The molecule has 196 valence electrons. The third-order valence-electron chi connectivity index (χ3n) is 6.54. The van der Waals surface area contributed by atoms with Crippen molar-refractivity contribution in [1.82, 2.24) is 4.90 Å². The van der Waals surface area contributed by atoms with Gasteiger partial charge in [0.2, 0.25) is 0 Å². The van der Waals surface area contributed by atoms with E-state index in [1.807, 2.05) is 54.3 Å². The largest absolute Gasteiger partial charge is 0.490 e. The zero-order chi connectivity index (χ0) is 26.4. The summed E-state index contributed by atoms with van der Waals surface area (Å²) in [6.07, 6.45) is 7.38. The first-order valence-electron chi connectivity index (χ1n) is 12.9. The van der Waals surface area contributed by atoms with E-state index in [4.69, 9.17) is 21.7 Å². The third-order valence-corrected chi connectivity index (χ3v) is 7.87. The van der Waals surface area contributed by atoms with Gasteiger partial charge in [0.1, 0.15) is 4.32 Å². The van der Waals surface area contributed by atoms with E-state index >= 15 is 0 Å². The number of ether oxygens (including phenoxy) is 2. The van der Waals surface area contributed by atoms with Crippen LogP contribution in [0.4, 0.5) is 5.69 Å². The molecule has 8 heteroatoms. The van der Waals surface area contributed by atoms with Crippen LogP contribution in [0, 0.1) is 0 Å². The number of para-hydroxylation sites is 1. The Morgan fingerprint density at radius 3 is 2.62 bits per heavy atom. The highest BCUT2D eigenvalue weighted by atomic mass is 32.2. The van der Waals surface area contributed by atoms with Crippen LogP contribution in [0.15, 0.2) is 47.4 Å². The van der Waals surface area contributed by atoms with Crippen LogP contribution < -0.4 is 14.8 Å². The predicted octanol–water partition coefficient (Wildman–Crippen LogP) is 6.76. The molecule has 0 radical (unpaired) electrons. The molecular formula is C29H34N2O4S2. The van der Waals surface area contributed by atoms with Crippen LogP contribution in [0.1, 0.15) is 69.9 Å². The molecule has 4 rings (SSSR count). The molecule has 2 aliphatic rings. The number of anilines is 1. The molecule has 0 spiro atoms. The number of carbonyl (C=O) groups excluding carboxylic acids is 2. The van der Waals surface area contributed by atoms with E-state index < -0.39 is 0 Å². The molecule has 0 aromatic heterocycles. The van der Waals surface area contributed by atoms with Crippen LogP contribution in [0.25, 0.3) is 6.08 Å². The summed E-state index contributed by atoms with van der Waals surface area (Å²) < 4.78 is 12.3. The molecule has 37 heavy (non-hydrogen) atoms. The van der Waals surface area contributed by atoms with Gasteiger partial charge >= 0.3 is 0 Å². The minimum Gasteiger partial charge on any atom is -0.490 e. The Morgan fingerprint density at radius 1 is 1.14 bits per heavy atom. The molecule has 2 amide bonds. The average molecular weight is 539 g/mol. The maximum absolute atomic E-state index is 13.1. The molecule has 1 heterocycles. The SMILES string of the molecule is CCOc1cc(/C=C2\SC(=S)N(C3CCCCC3)C2=O)ccc1OCC(=O)Nc1ccccc1C(C)C. The Balaban J connectivity index is 1.44. The maximum atomic E-state index is 13.1. The molecule has 2 fully saturated rings. The topological polar surface area (TPSA) is 67.9 Å². The van der Waals surface area contributed by atoms with E-state index in [0.717, 1.165) is 42.5 Å². The Bertz CT molecular complexity index is 1190. The highest BCUT2D eigenvalue weighted by Crippen LogP contribution is 2.38. The van der Waals surface area contributed by atoms with Gasteiger partial charge in [0.05, 0.1) is 11.5 Å². The van der Waals surface area contributed by atoms with Crippen LogP contribution in [-0.2, 0) is 9.59 Å². The lowest BCUT2D eigenvalue weighted by atomic mass is 9.94. The van der Waals surface area contributed by atoms with Gasteiger partial charge < -0.3 is 14.8 Å². The van der Waals surface area contributed by atoms with Crippen molar-refractivity contribution in [2.45, 2.75) is 64.8 Å². The average Bonchev–Trinajstić information content (AvgIpc) is 3.16. The fourth-order valence-corrected chi connectivity index (χ4v) is 6.13. The number of nitrogens with one attached hydrogen (secondary N) is 1. The van der Waals surface area contributed by atoms with Crippen molar-refractivity contribution >= 4 is 51.9 Å². The summed E-state index contributed by atoms with van der Waals surface area (Å²) in [6.45, 7) is 6.36. The lowest BCUT2D eigenvalue weighted by Gasteiger charge is -2.29. The zero-order valence-electron chi connectivity index (χ0n) is 21.6. The number of rotatable bonds is 9. The molecule has 0 unspecified atom stereocenters. The van der Waals surface area contributed by atoms with Crippen LogP contribution >= 0.6 is 24.0 Å². The van der Waals surface area contributed by atoms with Crippen molar-refractivity contribution in [1.29, 1.82) is 0 Å². The summed E-state index contributed by atoms with van der Waals surface area (Å²) in [4.78, 5) is 28.2. The van der Waals surface area contributed by atoms with Crippen molar-refractivity contribution in [2.24, 2.45) is 0 Å². The first kappa shape index (κ1) is 27.2. The monoisotopic (exact) mass is 538 g/mol. The number of nitrogens with zero attached hydrogens (tertiary/aromatic N) is 1. The number of hydrogen-bond acceptors (Lipinski definition) is 6. The fourth-order valence-electron chi connectivity index (χ4n) is 4.73. The first-order chi connectivity index (χ1) is 17.9. The Hall–Kier alpha value is -2.84. The smallest absolute Gasteiger partial charge is 0.266 e. The second kappa shape index (κ2) is 12.6. The lowest BCUT2D eigenvalue weighted by Crippen LogP contribution is -2.39. The Labute approximate surface area is 228 Å². The molecule has 1 N–H and O–H groups in total. The Morgan fingerprint density at radius 2 is 1.89 bits per heavy atom. The zero-order valence-corrected chi connectivity index (χ0v) is 23.3. The fraction of sp³-hybridized carbons (Fsp3) is 0.414. The van der Waals surface area contributed by atoms with Gasteiger partial charge in [0, 0.05) is 11.7 Å². The molecule has 1 saturated heterocycles. The molecular weight excluding hydrogens is 504 g/mol. The highest BCUT2D eigenvalue weighted by Gasteiger charge is 2.37. The van der Waals surface area contributed by atoms with Gasteiger partial charge in [-0.25, -0.2) is 0 Å². The van der Waals surface area contributed by atoms with Crippen molar-refractivity contribution in [3.05, 3.63) is 58.5 Å². The lowest BCUT2D eigenvalue weighted by molar-refractivity contribution is -0.124. The number of hydrogen-bond donors (Lipinski definition) is 1. The van der Waals surface area contributed by atoms with Crippen LogP contribution in [0.3, 0.4) is 0 Å². The van der Waals surface area contributed by atoms with Gasteiger partial charge in [0.15, 0.2) is 18.1 Å². The van der Waals surface area contributed by atoms with Crippen molar-refractivity contribution < 1.29 is 19.1 Å². The minimum absolute atomic E-state index is 0.0152. The molecule has 0 atom stereocenters. The molecule has 1 aliphatic heterocycles. The summed E-state index contributed by atoms with van der Waals surface area (Å²) in [5.41, 5.74) is 2.68. The summed E-state index contributed by atoms with van der Waals surface area (Å²) in [5.74, 6) is 1.03. The first-order valence-corrected chi connectivity index (χ1v) is 14.1. The van der Waals surface area contributed by atoms with Gasteiger partial charge in [-0.15, -0.1) is 0 Å². The van der Waals surface area contributed by atoms with Gasteiger partial charge in [0.25, 0.3) is 11.8 Å². The second-order valence-electron chi connectivity index (χ2n) is 9.56. The standard InChI is InChI=1S/C29H34N2O4S2/c1-4-34-25-16-20(17-26-28(33)31(29(36)37-26)21-10-6-5-7-11-21)14-15-24(25)35-18-27(32)30-23-13-9-8-12-22(23)19(2)3/h8-9,12-17,19,21H,4-7,10-11,18H2,1-3H3,(H,30,32)/b26-17-. The summed E-state index contributed by atoms with van der Waals surface area (Å²) in [6, 6.07) is 13.4. The van der Waals surface area contributed by atoms with Crippen molar-refractivity contribution in [3.8, 4) is 11.5 Å². The molecule has 1 saturated carbocycles. The third kappa shape index (κ3) is 6.73. The van der Waals surface area contributed by atoms with Crippen LogP contribution in [0.2, 0.25) is 0 Å². The van der Waals surface area contributed by atoms with Gasteiger partial charge in [-0.3, -0.25) is 14.5 Å². The number of benzene rings is 2. The van der Waals surface area contributed by atoms with Gasteiger partial charge in [-0.1, -0.05) is 81.4 Å². The normalized spacial score (nSPS) is 17.5. The van der Waals surface area contributed by atoms with E-state index in [0.29, 0.717) is 27.3 Å². The van der Waals surface area contributed by atoms with Gasteiger partial charge in [-0.05, 0) is 61.1 Å². The number of amides is 2. The van der Waals surface area contributed by atoms with E-state index in [1.165, 1.54) is 18.2 Å². The number of thioether (sulfide) groups is 1. The molecule has 2 aromatic rings. The molecule has 6 nitrogen and oxygen atoms in total. The Kier molecular flexibility index (Phi) is 9.27. The number of thiocarbonyl (C=S) groups is 1. The van der Waals surface area contributed by atoms with Crippen LogP contribution in [-0.4, -0.2) is 40.3 Å². The second-order valence-corrected chi connectivity index (χ2v) is 11.2. The quantitative estimate of drug-likeness (QED) is 0.281. The van der Waals surface area contributed by atoms with Crippen molar-refractivity contribution in [2.75, 3.05) is 18.5 Å². The van der Waals surface area contributed by atoms with E-state index in [2.05, 4.69) is 19.2 Å². The van der Waals surface area contributed by atoms with Crippen LogP contribution in [0.5, 0.6) is 11.5 Å². The highest BCUT2D eigenvalue weighted by molar-refractivity contribution is 8.26. The summed E-state index contributed by atoms with van der Waals surface area (Å²) >= 11 is 6.91. The van der Waals surface area contributed by atoms with E-state index in [1.54, 1.807) is 6.07 Å². The minimum atomic E-state index is -0.244. The summed E-state index contributed by atoms with van der Waals surface area (Å²) in [7, 11) is 0. The van der Waals surface area contributed by atoms with Crippen molar-refractivity contribution in [3.63, 3.8) is 0 Å². The maximum Gasteiger partial charge on any atom is 0.266 e. The molecule has 0 bridgehead atoms. The predicted molar refractivity (Wildman–Crippen MR) is 154 cm³/mol. The summed E-state index contributed by atoms with van der Waals surface area (Å²) in [5, 5.41) is 2.94. The van der Waals surface area contributed by atoms with E-state index in [9.17, 15) is 9.59 Å². The van der Waals surface area contributed by atoms with E-state index in [-0.39, 0.29) is 30.4 Å².